The van der Waals surface area contributed by atoms with Gasteiger partial charge in [0, 0.05) is 11.3 Å². The van der Waals surface area contributed by atoms with E-state index in [2.05, 4.69) is 37.4 Å². The van der Waals surface area contributed by atoms with Crippen molar-refractivity contribution in [2.24, 2.45) is 5.73 Å². The number of fused-ring (bicyclic) bond motifs is 1. The summed E-state index contributed by atoms with van der Waals surface area (Å²) in [6, 6.07) is 6.31. The molecule has 0 aliphatic carbocycles. The molecule has 0 atom stereocenters. The maximum Gasteiger partial charge on any atom is 0.0737 e. The molecule has 14 heavy (non-hydrogen) atoms. The van der Waals surface area contributed by atoms with E-state index in [0.717, 1.165) is 17.8 Å². The van der Waals surface area contributed by atoms with E-state index in [1.165, 1.54) is 16.7 Å². The molecule has 0 aromatic heterocycles. The van der Waals surface area contributed by atoms with Crippen LogP contribution in [0.15, 0.2) is 23.9 Å². The van der Waals surface area contributed by atoms with Crippen LogP contribution in [0.4, 0.5) is 5.69 Å². The van der Waals surface area contributed by atoms with Crippen molar-refractivity contribution in [2.75, 3.05) is 6.54 Å². The van der Waals surface area contributed by atoms with Crippen molar-refractivity contribution in [1.29, 1.82) is 0 Å². The molecule has 0 spiro atoms. The Bertz CT molecular complexity index is 391. The Morgan fingerprint density at radius 1 is 1.29 bits per heavy atom. The molecular formula is C12H15N2. The van der Waals surface area contributed by atoms with Crippen molar-refractivity contribution in [3.05, 3.63) is 35.0 Å². The molecule has 0 saturated heterocycles. The number of nitrogens with two attached hydrogens (primary N) is 1. The molecule has 2 heteroatoms. The third-order valence-electron chi connectivity index (χ3n) is 2.67. The van der Waals surface area contributed by atoms with Gasteiger partial charge in [-0.3, -0.25) is 5.32 Å². The van der Waals surface area contributed by atoms with Gasteiger partial charge in [-0.25, -0.2) is 0 Å². The van der Waals surface area contributed by atoms with Crippen molar-refractivity contribution in [3.63, 3.8) is 0 Å². The molecule has 1 aliphatic heterocycles. The summed E-state index contributed by atoms with van der Waals surface area (Å²) in [5, 5.41) is 4.58. The fraction of sp³-hybridized carbons (Fsp3) is 0.333. The molecule has 0 amide bonds. The van der Waals surface area contributed by atoms with Gasteiger partial charge in [0.1, 0.15) is 0 Å². The van der Waals surface area contributed by atoms with E-state index >= 15 is 0 Å². The fourth-order valence-corrected chi connectivity index (χ4v) is 1.94. The van der Waals surface area contributed by atoms with Crippen LogP contribution in [0.5, 0.6) is 0 Å². The Hall–Kier alpha value is -1.28. The third kappa shape index (κ3) is 1.32. The van der Waals surface area contributed by atoms with E-state index in [9.17, 15) is 0 Å². The number of rotatable bonds is 2. The minimum Gasteiger partial charge on any atom is -0.330 e. The van der Waals surface area contributed by atoms with Gasteiger partial charge in [0.05, 0.1) is 5.69 Å². The Labute approximate surface area is 84.8 Å². The SMILES string of the molecule is CC1=C(CCN)c2cccc(C)c2[N]1. The first-order chi connectivity index (χ1) is 6.74. The predicted octanol–water partition coefficient (Wildman–Crippen LogP) is 2.32. The molecule has 1 aromatic carbocycles. The molecule has 2 N–H and O–H groups in total. The van der Waals surface area contributed by atoms with Crippen LogP contribution in [0.1, 0.15) is 24.5 Å². The average molecular weight is 187 g/mol. The number of allylic oxidation sites excluding steroid dienone is 1. The van der Waals surface area contributed by atoms with E-state index in [1.807, 2.05) is 0 Å². The quantitative estimate of drug-likeness (QED) is 0.758. The molecule has 0 saturated carbocycles. The molecule has 1 radical (unpaired) electrons. The van der Waals surface area contributed by atoms with Crippen molar-refractivity contribution in [3.8, 4) is 0 Å². The summed E-state index contributed by atoms with van der Waals surface area (Å²) < 4.78 is 0. The zero-order valence-electron chi connectivity index (χ0n) is 8.67. The van der Waals surface area contributed by atoms with Gasteiger partial charge in [0.2, 0.25) is 0 Å². The molecule has 1 aliphatic rings. The lowest BCUT2D eigenvalue weighted by Crippen LogP contribution is -1.99. The summed E-state index contributed by atoms with van der Waals surface area (Å²) in [7, 11) is 0. The Balaban J connectivity index is 2.47. The van der Waals surface area contributed by atoms with E-state index in [-0.39, 0.29) is 0 Å². The summed E-state index contributed by atoms with van der Waals surface area (Å²) in [4.78, 5) is 0. The van der Waals surface area contributed by atoms with Crippen LogP contribution in [0.3, 0.4) is 0 Å². The van der Waals surface area contributed by atoms with Crippen LogP contribution in [0.2, 0.25) is 0 Å². The zero-order chi connectivity index (χ0) is 10.1. The molecule has 1 aromatic rings. The van der Waals surface area contributed by atoms with Crippen LogP contribution < -0.4 is 11.1 Å². The van der Waals surface area contributed by atoms with Gasteiger partial charge in [-0.2, -0.15) is 0 Å². The average Bonchev–Trinajstić information content (AvgIpc) is 2.47. The second kappa shape index (κ2) is 3.46. The molecule has 0 bridgehead atoms. The van der Waals surface area contributed by atoms with Gasteiger partial charge in [0.15, 0.2) is 0 Å². The lowest BCUT2D eigenvalue weighted by Gasteiger charge is -2.04. The number of aryl methyl sites for hydroxylation is 1. The van der Waals surface area contributed by atoms with Gasteiger partial charge < -0.3 is 5.73 Å². The van der Waals surface area contributed by atoms with Gasteiger partial charge in [0.25, 0.3) is 0 Å². The highest BCUT2D eigenvalue weighted by Crippen LogP contribution is 2.37. The van der Waals surface area contributed by atoms with E-state index in [0.29, 0.717) is 6.54 Å². The largest absolute Gasteiger partial charge is 0.330 e. The highest BCUT2D eigenvalue weighted by atomic mass is 14.9. The fourth-order valence-electron chi connectivity index (χ4n) is 1.94. The first-order valence-corrected chi connectivity index (χ1v) is 4.95. The summed E-state index contributed by atoms with van der Waals surface area (Å²) in [5.41, 5.74) is 11.7. The molecule has 1 heterocycles. The highest BCUT2D eigenvalue weighted by Gasteiger charge is 2.20. The number of para-hydroxylation sites is 1. The lowest BCUT2D eigenvalue weighted by molar-refractivity contribution is 1.00. The first kappa shape index (κ1) is 9.28. The number of benzene rings is 1. The van der Waals surface area contributed by atoms with E-state index in [1.54, 1.807) is 0 Å². The first-order valence-electron chi connectivity index (χ1n) is 4.95. The highest BCUT2D eigenvalue weighted by molar-refractivity contribution is 5.83. The predicted molar refractivity (Wildman–Crippen MR) is 59.2 cm³/mol. The van der Waals surface area contributed by atoms with E-state index in [4.69, 9.17) is 5.73 Å². The summed E-state index contributed by atoms with van der Waals surface area (Å²) in [6.07, 6.45) is 0.922. The smallest absolute Gasteiger partial charge is 0.0737 e. The summed E-state index contributed by atoms with van der Waals surface area (Å²) in [5.74, 6) is 0. The Kier molecular flexibility index (Phi) is 2.30. The van der Waals surface area contributed by atoms with Gasteiger partial charge in [-0.05, 0) is 37.9 Å². The Morgan fingerprint density at radius 3 is 2.79 bits per heavy atom. The molecule has 0 unspecified atom stereocenters. The van der Waals surface area contributed by atoms with Crippen molar-refractivity contribution in [1.82, 2.24) is 5.32 Å². The van der Waals surface area contributed by atoms with Gasteiger partial charge >= 0.3 is 0 Å². The summed E-state index contributed by atoms with van der Waals surface area (Å²) >= 11 is 0. The van der Waals surface area contributed by atoms with Gasteiger partial charge in [-0.15, -0.1) is 0 Å². The molecule has 2 nitrogen and oxygen atoms in total. The second-order valence-corrected chi connectivity index (χ2v) is 3.69. The van der Waals surface area contributed by atoms with Crippen LogP contribution in [0.25, 0.3) is 5.57 Å². The molecule has 0 fully saturated rings. The Morgan fingerprint density at radius 2 is 2.07 bits per heavy atom. The lowest BCUT2D eigenvalue weighted by atomic mass is 10.0. The number of hydrogen-bond acceptors (Lipinski definition) is 1. The second-order valence-electron chi connectivity index (χ2n) is 3.69. The monoisotopic (exact) mass is 187 g/mol. The minimum absolute atomic E-state index is 0.690. The van der Waals surface area contributed by atoms with Gasteiger partial charge in [-0.1, -0.05) is 18.2 Å². The van der Waals surface area contributed by atoms with Crippen LogP contribution in [-0.4, -0.2) is 6.54 Å². The summed E-state index contributed by atoms with van der Waals surface area (Å²) in [6.45, 7) is 4.85. The maximum absolute atomic E-state index is 5.59. The normalized spacial score (nSPS) is 14.2. The molecule has 2 rings (SSSR count). The standard InChI is InChI=1S/C12H15N2/c1-8-4-3-5-11-10(6-7-13)9(2)14-12(8)11/h3-5H,6-7,13H2,1-2H3. The van der Waals surface area contributed by atoms with Crippen LogP contribution >= 0.6 is 0 Å². The van der Waals surface area contributed by atoms with Crippen LogP contribution in [-0.2, 0) is 0 Å². The van der Waals surface area contributed by atoms with E-state index < -0.39 is 0 Å². The van der Waals surface area contributed by atoms with Crippen molar-refractivity contribution in [2.45, 2.75) is 20.3 Å². The molecule has 73 valence electrons. The zero-order valence-corrected chi connectivity index (χ0v) is 8.67. The molecular weight excluding hydrogens is 172 g/mol. The van der Waals surface area contributed by atoms with Crippen molar-refractivity contribution >= 4 is 11.3 Å². The minimum atomic E-state index is 0.690. The topological polar surface area (TPSA) is 40.1 Å². The third-order valence-corrected chi connectivity index (χ3v) is 2.67. The number of nitrogens with zero attached hydrogens (tertiary/aromatic N) is 1. The van der Waals surface area contributed by atoms with Crippen molar-refractivity contribution < 1.29 is 0 Å². The maximum atomic E-state index is 5.59. The number of hydrogen-bond donors (Lipinski definition) is 1. The van der Waals surface area contributed by atoms with Crippen LogP contribution in [0, 0.1) is 6.92 Å².